The maximum atomic E-state index is 11.5. The van der Waals surface area contributed by atoms with Crippen molar-refractivity contribution in [2.24, 2.45) is 5.92 Å². The molecule has 1 aromatic heterocycles. The van der Waals surface area contributed by atoms with E-state index in [1.165, 1.54) is 0 Å². The van der Waals surface area contributed by atoms with Crippen molar-refractivity contribution in [2.45, 2.75) is 45.7 Å². The topological polar surface area (TPSA) is 71.2 Å². The molecule has 0 aliphatic carbocycles. The molecule has 2 unspecified atom stereocenters. The molecule has 2 fully saturated rings. The number of nitrogens with zero attached hydrogens (tertiary/aromatic N) is 2. The fourth-order valence-electron chi connectivity index (χ4n) is 3.49. The second kappa shape index (κ2) is 5.64. The van der Waals surface area contributed by atoms with Crippen molar-refractivity contribution in [3.63, 3.8) is 0 Å². The van der Waals surface area contributed by atoms with Gasteiger partial charge in [0.15, 0.2) is 0 Å². The molecule has 5 heteroatoms. The molecule has 3 rings (SSSR count). The fourth-order valence-corrected chi connectivity index (χ4v) is 3.49. The lowest BCUT2D eigenvalue weighted by molar-refractivity contribution is -0.125. The van der Waals surface area contributed by atoms with Gasteiger partial charge >= 0.3 is 0 Å². The summed E-state index contributed by atoms with van der Waals surface area (Å²) in [4.78, 5) is 18.5. The van der Waals surface area contributed by atoms with E-state index in [0.717, 1.165) is 55.0 Å². The van der Waals surface area contributed by atoms with E-state index >= 15 is 0 Å². The van der Waals surface area contributed by atoms with Crippen molar-refractivity contribution < 1.29 is 4.79 Å². The molecular formula is C16H24N4O. The number of hydrogen-bond acceptors (Lipinski definition) is 4. The Bertz CT molecular complexity index is 557. The van der Waals surface area contributed by atoms with Gasteiger partial charge in [0.1, 0.15) is 0 Å². The van der Waals surface area contributed by atoms with E-state index in [0.29, 0.717) is 18.4 Å². The second-order valence-corrected chi connectivity index (χ2v) is 6.42. The molecule has 2 aliphatic rings. The smallest absolute Gasteiger partial charge is 0.220 e. The summed E-state index contributed by atoms with van der Waals surface area (Å²) in [6.07, 6.45) is 4.58. The van der Waals surface area contributed by atoms with Crippen LogP contribution in [-0.4, -0.2) is 34.9 Å². The van der Waals surface area contributed by atoms with Crippen LogP contribution in [-0.2, 0) is 11.3 Å². The van der Waals surface area contributed by atoms with Crippen molar-refractivity contribution in [3.8, 4) is 0 Å². The number of rotatable bonds is 2. The van der Waals surface area contributed by atoms with Crippen LogP contribution in [0.3, 0.4) is 0 Å². The van der Waals surface area contributed by atoms with Crippen LogP contribution in [0.1, 0.15) is 36.1 Å². The molecule has 0 spiro atoms. The molecule has 2 aliphatic heterocycles. The van der Waals surface area contributed by atoms with Gasteiger partial charge in [-0.1, -0.05) is 0 Å². The lowest BCUT2D eigenvalue weighted by Gasteiger charge is -2.41. The maximum absolute atomic E-state index is 11.5. The number of nitrogens with two attached hydrogens (primary N) is 1. The molecular weight excluding hydrogens is 264 g/mol. The van der Waals surface area contributed by atoms with E-state index in [2.05, 4.69) is 22.1 Å². The van der Waals surface area contributed by atoms with Gasteiger partial charge in [0.2, 0.25) is 5.91 Å². The number of likely N-dealkylation sites (tertiary alicyclic amines) is 1. The summed E-state index contributed by atoms with van der Waals surface area (Å²) < 4.78 is 0. The summed E-state index contributed by atoms with van der Waals surface area (Å²) in [5, 5.41) is 3.13. The van der Waals surface area contributed by atoms with Crippen LogP contribution in [0.4, 0.5) is 5.69 Å². The highest BCUT2D eigenvalue weighted by Crippen LogP contribution is 2.27. The Morgan fingerprint density at radius 3 is 3.05 bits per heavy atom. The zero-order valence-corrected chi connectivity index (χ0v) is 12.9. The number of nitrogens with one attached hydrogen (secondary N) is 1. The maximum Gasteiger partial charge on any atom is 0.220 e. The predicted molar refractivity (Wildman–Crippen MR) is 82.7 cm³/mol. The highest BCUT2D eigenvalue weighted by molar-refractivity contribution is 5.77. The summed E-state index contributed by atoms with van der Waals surface area (Å²) in [7, 11) is 0. The summed E-state index contributed by atoms with van der Waals surface area (Å²) in [6.45, 7) is 6.96. The standard InChI is InChI=1S/C16H24N4O/c1-10-7-18-14(11(2)16(10)17)9-20-6-5-13-12(8-20)3-4-15(21)19-13/h7,12-13H,3-6,8-9H2,1-2H3,(H2,17,18)(H,19,21). The van der Waals surface area contributed by atoms with Gasteiger partial charge in [-0.3, -0.25) is 14.7 Å². The quantitative estimate of drug-likeness (QED) is 0.862. The Labute approximate surface area is 125 Å². The minimum atomic E-state index is 0.216. The molecule has 0 saturated carbocycles. The first kappa shape index (κ1) is 14.3. The zero-order valence-electron chi connectivity index (χ0n) is 12.9. The van der Waals surface area contributed by atoms with E-state index < -0.39 is 0 Å². The van der Waals surface area contributed by atoms with Crippen LogP contribution >= 0.6 is 0 Å². The number of carbonyl (C=O) groups is 1. The summed E-state index contributed by atoms with van der Waals surface area (Å²) in [5.74, 6) is 0.799. The molecule has 0 bridgehead atoms. The van der Waals surface area contributed by atoms with Crippen LogP contribution in [0.15, 0.2) is 6.20 Å². The molecule has 0 radical (unpaired) electrons. The first-order valence-corrected chi connectivity index (χ1v) is 7.77. The summed E-state index contributed by atoms with van der Waals surface area (Å²) >= 11 is 0. The minimum absolute atomic E-state index is 0.216. The molecule has 0 aromatic carbocycles. The Kier molecular flexibility index (Phi) is 3.85. The monoisotopic (exact) mass is 288 g/mol. The van der Waals surface area contributed by atoms with E-state index in [4.69, 9.17) is 5.73 Å². The summed E-state index contributed by atoms with van der Waals surface area (Å²) in [6, 6.07) is 0.375. The average molecular weight is 288 g/mol. The third kappa shape index (κ3) is 2.88. The Balaban J connectivity index is 1.67. The largest absolute Gasteiger partial charge is 0.398 e. The van der Waals surface area contributed by atoms with Crippen molar-refractivity contribution in [3.05, 3.63) is 23.0 Å². The van der Waals surface area contributed by atoms with Gasteiger partial charge in [-0.15, -0.1) is 0 Å². The number of hydrogen-bond donors (Lipinski definition) is 2. The second-order valence-electron chi connectivity index (χ2n) is 6.42. The Hall–Kier alpha value is -1.62. The molecule has 1 amide bonds. The van der Waals surface area contributed by atoms with Crippen LogP contribution in [0.2, 0.25) is 0 Å². The van der Waals surface area contributed by atoms with Crippen LogP contribution in [0.25, 0.3) is 0 Å². The van der Waals surface area contributed by atoms with E-state index in [-0.39, 0.29) is 5.91 Å². The molecule has 2 atom stereocenters. The number of piperidine rings is 2. The number of amides is 1. The van der Waals surface area contributed by atoms with Gasteiger partial charge in [0.05, 0.1) is 5.69 Å². The van der Waals surface area contributed by atoms with Gasteiger partial charge in [0.25, 0.3) is 0 Å². The minimum Gasteiger partial charge on any atom is -0.398 e. The molecule has 2 saturated heterocycles. The zero-order chi connectivity index (χ0) is 15.0. The number of fused-ring (bicyclic) bond motifs is 1. The van der Waals surface area contributed by atoms with Gasteiger partial charge in [-0.05, 0) is 43.7 Å². The lowest BCUT2D eigenvalue weighted by Crippen LogP contribution is -2.53. The average Bonchev–Trinajstić information content (AvgIpc) is 2.48. The molecule has 21 heavy (non-hydrogen) atoms. The highest BCUT2D eigenvalue weighted by Gasteiger charge is 2.33. The molecule has 5 nitrogen and oxygen atoms in total. The van der Waals surface area contributed by atoms with E-state index in [1.807, 2.05) is 13.1 Å². The van der Waals surface area contributed by atoms with Crippen LogP contribution in [0, 0.1) is 19.8 Å². The molecule has 3 N–H and O–H groups in total. The number of carbonyl (C=O) groups excluding carboxylic acids is 1. The van der Waals surface area contributed by atoms with E-state index in [9.17, 15) is 4.79 Å². The normalized spacial score (nSPS) is 26.3. The van der Waals surface area contributed by atoms with Gasteiger partial charge < -0.3 is 11.1 Å². The molecule has 114 valence electrons. The number of aromatic nitrogens is 1. The lowest BCUT2D eigenvalue weighted by atomic mass is 9.85. The number of nitrogen functional groups attached to an aromatic ring is 1. The third-order valence-electron chi connectivity index (χ3n) is 4.96. The van der Waals surface area contributed by atoms with Crippen molar-refractivity contribution >= 4 is 11.6 Å². The number of aryl methyl sites for hydroxylation is 1. The van der Waals surface area contributed by atoms with Crippen LogP contribution in [0.5, 0.6) is 0 Å². The first-order chi connectivity index (χ1) is 10.0. The highest BCUT2D eigenvalue weighted by atomic mass is 16.1. The molecule has 1 aromatic rings. The SMILES string of the molecule is Cc1cnc(CN2CCC3NC(=O)CCC3C2)c(C)c1N. The third-order valence-corrected chi connectivity index (χ3v) is 4.96. The fraction of sp³-hybridized carbons (Fsp3) is 0.625. The van der Waals surface area contributed by atoms with Gasteiger partial charge in [-0.2, -0.15) is 0 Å². The van der Waals surface area contributed by atoms with Gasteiger partial charge in [0, 0.05) is 44.0 Å². The number of pyridine rings is 1. The Morgan fingerprint density at radius 2 is 2.24 bits per heavy atom. The van der Waals surface area contributed by atoms with Crippen molar-refractivity contribution in [1.29, 1.82) is 0 Å². The number of anilines is 1. The van der Waals surface area contributed by atoms with Gasteiger partial charge in [-0.25, -0.2) is 0 Å². The summed E-state index contributed by atoms with van der Waals surface area (Å²) in [5.41, 5.74) is 10.2. The van der Waals surface area contributed by atoms with Crippen molar-refractivity contribution in [1.82, 2.24) is 15.2 Å². The van der Waals surface area contributed by atoms with Crippen LogP contribution < -0.4 is 11.1 Å². The predicted octanol–water partition coefficient (Wildman–Crippen LogP) is 1.38. The first-order valence-electron chi connectivity index (χ1n) is 7.77. The molecule has 3 heterocycles. The van der Waals surface area contributed by atoms with Crippen molar-refractivity contribution in [2.75, 3.05) is 18.8 Å². The van der Waals surface area contributed by atoms with E-state index in [1.54, 1.807) is 0 Å². The Morgan fingerprint density at radius 1 is 1.43 bits per heavy atom.